The fraction of sp³-hybridized carbons (Fsp3) is 0.500. The average molecular weight is 260 g/mol. The normalized spacial score (nSPS) is 9.27. The van der Waals surface area contributed by atoms with Gasteiger partial charge in [0.15, 0.2) is 0 Å². The van der Waals surface area contributed by atoms with Gasteiger partial charge < -0.3 is 0 Å². The van der Waals surface area contributed by atoms with E-state index in [9.17, 15) is 0 Å². The average Bonchev–Trinajstić information content (AvgIpc) is 2.32. The molecule has 15 heavy (non-hydrogen) atoms. The molecule has 0 aromatic heterocycles. The number of hydrogen-bond donors (Lipinski definition) is 3. The van der Waals surface area contributed by atoms with Crippen molar-refractivity contribution < 1.29 is 0 Å². The molecule has 0 saturated carbocycles. The lowest BCUT2D eigenvalue weighted by Crippen LogP contribution is -1.77. The van der Waals surface area contributed by atoms with E-state index in [2.05, 4.69) is 50.0 Å². The lowest BCUT2D eigenvalue weighted by molar-refractivity contribution is 0.788. The van der Waals surface area contributed by atoms with Crippen molar-refractivity contribution in [3.63, 3.8) is 0 Å². The largest absolute Gasteiger partial charge is 0.179 e. The van der Waals surface area contributed by atoms with E-state index in [1.54, 1.807) is 0 Å². The van der Waals surface area contributed by atoms with Gasteiger partial charge in [-0.2, -0.15) is 37.9 Å². The summed E-state index contributed by atoms with van der Waals surface area (Å²) < 4.78 is 0. The summed E-state index contributed by atoms with van der Waals surface area (Å²) in [5.41, 5.74) is 1.27. The molecule has 3 heteroatoms. The third-order valence-electron chi connectivity index (χ3n) is 1.84. The molecule has 0 atom stereocenters. The molecule has 0 radical (unpaired) electrons. The van der Waals surface area contributed by atoms with Gasteiger partial charge in [-0.25, -0.2) is 0 Å². The van der Waals surface area contributed by atoms with Gasteiger partial charge in [-0.05, 0) is 29.9 Å². The van der Waals surface area contributed by atoms with E-state index in [0.717, 1.165) is 17.3 Å². The highest BCUT2D eigenvalue weighted by atomic mass is 32.1. The molecule has 0 aliphatic heterocycles. The van der Waals surface area contributed by atoms with Gasteiger partial charge in [0.2, 0.25) is 0 Å². The maximum Gasteiger partial charge on any atom is 0.0154 e. The minimum absolute atomic E-state index is 0.834. The lowest BCUT2D eigenvalue weighted by Gasteiger charge is -1.90. The van der Waals surface area contributed by atoms with Crippen molar-refractivity contribution in [3.05, 3.63) is 35.9 Å². The molecule has 0 nitrogen and oxygen atoms in total. The molecular formula is C12H20S3. The highest BCUT2D eigenvalue weighted by Crippen LogP contribution is 2.00. The zero-order valence-corrected chi connectivity index (χ0v) is 11.7. The number of unbranched alkanes of at least 4 members (excludes halogenated alkanes) is 2. The zero-order chi connectivity index (χ0) is 11.4. The van der Waals surface area contributed by atoms with E-state index < -0.39 is 0 Å². The SMILES string of the molecule is SCCCCCS.SCc1ccccc1. The summed E-state index contributed by atoms with van der Waals surface area (Å²) in [4.78, 5) is 0. The summed E-state index contributed by atoms with van der Waals surface area (Å²) in [6, 6.07) is 10.2. The fourth-order valence-corrected chi connectivity index (χ4v) is 1.64. The summed E-state index contributed by atoms with van der Waals surface area (Å²) in [5.74, 6) is 2.88. The molecule has 0 aliphatic rings. The Balaban J connectivity index is 0.000000265. The van der Waals surface area contributed by atoms with Gasteiger partial charge >= 0.3 is 0 Å². The van der Waals surface area contributed by atoms with Crippen LogP contribution in [0.5, 0.6) is 0 Å². The van der Waals surface area contributed by atoms with Gasteiger partial charge in [0.1, 0.15) is 0 Å². The first kappa shape index (κ1) is 15.3. The molecule has 0 heterocycles. The fourth-order valence-electron chi connectivity index (χ4n) is 0.984. The van der Waals surface area contributed by atoms with Crippen LogP contribution in [0.15, 0.2) is 30.3 Å². The maximum absolute atomic E-state index is 4.11. The van der Waals surface area contributed by atoms with Crippen molar-refractivity contribution in [3.8, 4) is 0 Å². The molecular weight excluding hydrogens is 240 g/mol. The Morgan fingerprint density at radius 2 is 1.27 bits per heavy atom. The Hall–Kier alpha value is 0.270. The van der Waals surface area contributed by atoms with Crippen LogP contribution in [0.3, 0.4) is 0 Å². The summed E-state index contributed by atoms with van der Waals surface area (Å²) in [7, 11) is 0. The molecule has 0 amide bonds. The molecule has 0 aliphatic carbocycles. The number of rotatable bonds is 5. The summed E-state index contributed by atoms with van der Waals surface area (Å²) in [5, 5.41) is 0. The second kappa shape index (κ2) is 12.3. The van der Waals surface area contributed by atoms with Gasteiger partial charge in [0.05, 0.1) is 0 Å². The Bertz CT molecular complexity index is 207. The van der Waals surface area contributed by atoms with Gasteiger partial charge in [-0.3, -0.25) is 0 Å². The number of hydrogen-bond acceptors (Lipinski definition) is 3. The van der Waals surface area contributed by atoms with Crippen LogP contribution >= 0.6 is 37.9 Å². The number of benzene rings is 1. The predicted octanol–water partition coefficient (Wildman–Crippen LogP) is 4.13. The minimum Gasteiger partial charge on any atom is -0.179 e. The smallest absolute Gasteiger partial charge is 0.0154 e. The minimum atomic E-state index is 0.834. The molecule has 0 unspecified atom stereocenters. The van der Waals surface area contributed by atoms with Crippen molar-refractivity contribution in [1.29, 1.82) is 0 Å². The molecule has 1 aromatic carbocycles. The van der Waals surface area contributed by atoms with E-state index in [-0.39, 0.29) is 0 Å². The Morgan fingerprint density at radius 1 is 0.733 bits per heavy atom. The number of thiol groups is 3. The highest BCUT2D eigenvalue weighted by molar-refractivity contribution is 7.80. The molecule has 1 rings (SSSR count). The first-order valence-corrected chi connectivity index (χ1v) is 7.11. The lowest BCUT2D eigenvalue weighted by atomic mass is 10.2. The molecule has 86 valence electrons. The van der Waals surface area contributed by atoms with Crippen LogP contribution < -0.4 is 0 Å². The molecule has 0 spiro atoms. The summed E-state index contributed by atoms with van der Waals surface area (Å²) in [6.45, 7) is 0. The van der Waals surface area contributed by atoms with Crippen LogP contribution in [0.4, 0.5) is 0 Å². The van der Waals surface area contributed by atoms with E-state index in [1.807, 2.05) is 18.2 Å². The summed E-state index contributed by atoms with van der Waals surface area (Å²) >= 11 is 12.2. The van der Waals surface area contributed by atoms with Crippen LogP contribution in [-0.2, 0) is 5.75 Å². The molecule has 0 fully saturated rings. The van der Waals surface area contributed by atoms with Crippen molar-refractivity contribution >= 4 is 37.9 Å². The molecule has 1 aromatic rings. The van der Waals surface area contributed by atoms with Gasteiger partial charge in [0, 0.05) is 5.75 Å². The van der Waals surface area contributed by atoms with Gasteiger partial charge in [-0.1, -0.05) is 36.8 Å². The van der Waals surface area contributed by atoms with Gasteiger partial charge in [-0.15, -0.1) is 0 Å². The van der Waals surface area contributed by atoms with Crippen LogP contribution in [0.1, 0.15) is 24.8 Å². The molecule has 0 N–H and O–H groups in total. The van der Waals surface area contributed by atoms with Crippen molar-refractivity contribution in [2.24, 2.45) is 0 Å². The first-order chi connectivity index (χ1) is 7.35. The zero-order valence-electron chi connectivity index (χ0n) is 8.97. The second-order valence-electron chi connectivity index (χ2n) is 3.15. The highest BCUT2D eigenvalue weighted by Gasteiger charge is 1.81. The van der Waals surface area contributed by atoms with E-state index in [0.29, 0.717) is 0 Å². The van der Waals surface area contributed by atoms with Crippen LogP contribution in [0.25, 0.3) is 0 Å². The predicted molar refractivity (Wildman–Crippen MR) is 80.7 cm³/mol. The van der Waals surface area contributed by atoms with Crippen molar-refractivity contribution in [2.45, 2.75) is 25.0 Å². The van der Waals surface area contributed by atoms with Crippen molar-refractivity contribution in [2.75, 3.05) is 11.5 Å². The van der Waals surface area contributed by atoms with E-state index in [4.69, 9.17) is 0 Å². The summed E-state index contributed by atoms with van der Waals surface area (Å²) in [6.07, 6.45) is 3.76. The topological polar surface area (TPSA) is 0 Å². The Kier molecular flexibility index (Phi) is 12.6. The Labute approximate surface area is 110 Å². The standard InChI is InChI=1S/C7H8S.C5H12S2/c8-6-7-4-2-1-3-5-7;6-4-2-1-3-5-7/h1-5,8H,6H2;6-7H,1-5H2. The van der Waals surface area contributed by atoms with Crippen molar-refractivity contribution in [1.82, 2.24) is 0 Å². The van der Waals surface area contributed by atoms with E-state index >= 15 is 0 Å². The quantitative estimate of drug-likeness (QED) is 0.514. The van der Waals surface area contributed by atoms with Crippen LogP contribution in [-0.4, -0.2) is 11.5 Å². The second-order valence-corrected chi connectivity index (χ2v) is 4.36. The van der Waals surface area contributed by atoms with Gasteiger partial charge in [0.25, 0.3) is 0 Å². The third kappa shape index (κ3) is 10.6. The van der Waals surface area contributed by atoms with Crippen LogP contribution in [0, 0.1) is 0 Å². The third-order valence-corrected chi connectivity index (χ3v) is 2.84. The Morgan fingerprint density at radius 3 is 1.60 bits per heavy atom. The molecule has 0 bridgehead atoms. The van der Waals surface area contributed by atoms with Crippen LogP contribution in [0.2, 0.25) is 0 Å². The van der Waals surface area contributed by atoms with E-state index in [1.165, 1.54) is 24.8 Å². The molecule has 0 saturated heterocycles. The monoisotopic (exact) mass is 260 g/mol. The first-order valence-electron chi connectivity index (χ1n) is 5.21. The maximum atomic E-state index is 4.11.